The number of hydrogen-bond donors (Lipinski definition) is 5. The minimum Gasteiger partial charge on any atom is -0.390 e. The number of nitrogens with zero attached hydrogens (tertiary/aromatic N) is 9. The molecule has 0 saturated carbocycles. The van der Waals surface area contributed by atoms with E-state index in [0.29, 0.717) is 12.5 Å². The Bertz CT molecular complexity index is 3290. The molecule has 1 saturated heterocycles. The Morgan fingerprint density at radius 3 is 1.37 bits per heavy atom. The summed E-state index contributed by atoms with van der Waals surface area (Å²) in [6.45, 7) is 39.4. The lowest BCUT2D eigenvalue weighted by atomic mass is 9.91. The van der Waals surface area contributed by atoms with Gasteiger partial charge in [-0.25, -0.2) is 0 Å². The number of amides is 11. The van der Waals surface area contributed by atoms with Gasteiger partial charge in [0.1, 0.15) is 60.4 Å². The van der Waals surface area contributed by atoms with E-state index in [-0.39, 0.29) is 68.2 Å². The standard InChI is InChI=1S/C62H111N11O12.C19H24N2S.ClH/c1-25-27-28-40(15)52(75)51-56(79)65-43(26-2)58(81)67(18)33-48(74)68(19)44(29-34(3)4)55(78)66-49(38(11)12)61(84)69(20)45(30-35(5)6)54(77)63-41(16)53(76)64-42(17)57(80)70(21)46(31-36(7)8)59(82)71(22)47(32-37(9)10)60(83)72(23)50(39(13)14)62(85)73(51)24;1-4-20(5-2)15(3)14-21-16-10-6-8-12-18(16)22-19-13-9-7-11-17(19)21;/h25,27,34-47,49-52,75H,26,28-33H2,1-24H3,(H,63,77)(H,64,76)(H,65,79)(H,66,78);6-13,15H,4-5,14H2,1-3H3;1H. The highest BCUT2D eigenvalue weighted by Gasteiger charge is 2.46. The third-order valence-corrected chi connectivity index (χ3v) is 21.6. The van der Waals surface area contributed by atoms with Crippen molar-refractivity contribution in [2.24, 2.45) is 41.4 Å². The zero-order chi connectivity index (χ0) is 81.5. The van der Waals surface area contributed by atoms with Gasteiger partial charge in [0.2, 0.25) is 65.0 Å². The molecule has 25 nitrogen and oxygen atoms in total. The second-order valence-electron chi connectivity index (χ2n) is 31.8. The van der Waals surface area contributed by atoms with Gasteiger partial charge in [0, 0.05) is 71.7 Å². The average molecular weight is 1550 g/mol. The van der Waals surface area contributed by atoms with E-state index in [1.165, 1.54) is 109 Å². The number of anilines is 2. The quantitative estimate of drug-likeness (QED) is 0.0775. The van der Waals surface area contributed by atoms with Crippen molar-refractivity contribution >= 4 is 101 Å². The van der Waals surface area contributed by atoms with Gasteiger partial charge in [0.25, 0.3) is 0 Å². The molecule has 2 aromatic rings. The van der Waals surface area contributed by atoms with E-state index >= 15 is 9.59 Å². The number of carbonyl (C=O) groups excluding carboxylic acids is 11. The summed E-state index contributed by atoms with van der Waals surface area (Å²) in [5.41, 5.74) is 2.68. The summed E-state index contributed by atoms with van der Waals surface area (Å²) in [7, 11) is 9.92. The van der Waals surface area contributed by atoms with Crippen molar-refractivity contribution < 1.29 is 57.8 Å². The van der Waals surface area contributed by atoms with Crippen molar-refractivity contribution in [1.82, 2.24) is 60.5 Å². The smallest absolute Gasteiger partial charge is 0.246 e. The second-order valence-corrected chi connectivity index (χ2v) is 32.9. The van der Waals surface area contributed by atoms with Crippen molar-refractivity contribution in [3.05, 3.63) is 60.7 Å². The van der Waals surface area contributed by atoms with Crippen LogP contribution in [0.2, 0.25) is 0 Å². The number of carbonyl (C=O) groups is 11. The van der Waals surface area contributed by atoms with Crippen molar-refractivity contribution in [2.75, 3.05) is 80.4 Å². The summed E-state index contributed by atoms with van der Waals surface area (Å²) >= 11 is 1.88. The normalized spacial score (nSPS) is 24.2. The molecule has 5 N–H and O–H groups in total. The third-order valence-electron chi connectivity index (χ3n) is 20.5. The largest absolute Gasteiger partial charge is 0.390 e. The van der Waals surface area contributed by atoms with E-state index in [1.54, 1.807) is 54.5 Å². The number of hydrogen-bond acceptors (Lipinski definition) is 15. The SMILES string of the molecule is CC=CCC(C)C(O)C1C(=O)NC(CC)C(=O)N(C)CC(=O)N(C)C(CC(C)C)C(=O)NC(C(C)C)C(=O)N(C)C(CC(C)C)C(=O)NC(C)C(=O)NC(C)C(=O)N(C)C(CC(C)C)C(=O)N(C)C(CC(C)C)C(=O)N(C)C(C(C)C)C(=O)N1C.CCN(CC)C(C)CN1c2ccccc2Sc2ccccc21.Cl. The predicted octanol–water partition coefficient (Wildman–Crippen LogP) is 8.71. The average Bonchev–Trinajstić information content (AvgIpc) is 0.774. The first-order chi connectivity index (χ1) is 49.9. The topological polar surface area (TPSA) is 285 Å². The Morgan fingerprint density at radius 2 is 0.917 bits per heavy atom. The van der Waals surface area contributed by atoms with Gasteiger partial charge in [-0.15, -0.1) is 12.4 Å². The van der Waals surface area contributed by atoms with E-state index < -0.39 is 156 Å². The lowest BCUT2D eigenvalue weighted by molar-refractivity contribution is -0.157. The number of nitrogens with one attached hydrogen (secondary N) is 4. The first kappa shape index (κ1) is 96.8. The summed E-state index contributed by atoms with van der Waals surface area (Å²) in [6.07, 6.45) is 3.04. The van der Waals surface area contributed by atoms with Gasteiger partial charge in [0.15, 0.2) is 0 Å². The summed E-state index contributed by atoms with van der Waals surface area (Å²) in [4.78, 5) is 176. The van der Waals surface area contributed by atoms with Gasteiger partial charge >= 0.3 is 0 Å². The molecule has 0 spiro atoms. The predicted molar refractivity (Wildman–Crippen MR) is 432 cm³/mol. The van der Waals surface area contributed by atoms with E-state index in [9.17, 15) is 48.3 Å². The van der Waals surface area contributed by atoms with E-state index in [1.807, 2.05) is 73.2 Å². The molecule has 27 heteroatoms. The Labute approximate surface area is 657 Å². The lowest BCUT2D eigenvalue weighted by Gasteiger charge is -2.41. The van der Waals surface area contributed by atoms with Crippen LogP contribution in [0.25, 0.3) is 0 Å². The molecule has 13 unspecified atom stereocenters. The highest BCUT2D eigenvalue weighted by atomic mass is 35.5. The van der Waals surface area contributed by atoms with Crippen LogP contribution < -0.4 is 26.2 Å². The van der Waals surface area contributed by atoms with Crippen LogP contribution in [0.5, 0.6) is 0 Å². The molecule has 2 aliphatic heterocycles. The van der Waals surface area contributed by atoms with Gasteiger partial charge in [-0.05, 0) is 145 Å². The highest BCUT2D eigenvalue weighted by molar-refractivity contribution is 7.99. The fraction of sp³-hybridized carbons (Fsp3) is 0.691. The maximum atomic E-state index is 15.1. The molecule has 0 aliphatic carbocycles. The Kier molecular flexibility index (Phi) is 40.5. The molecule has 1 fully saturated rings. The molecule has 2 aromatic carbocycles. The van der Waals surface area contributed by atoms with E-state index in [4.69, 9.17) is 0 Å². The number of halogens is 1. The number of para-hydroxylation sites is 2. The highest BCUT2D eigenvalue weighted by Crippen LogP contribution is 2.48. The second kappa shape index (κ2) is 45.1. The molecule has 2 aliphatic rings. The summed E-state index contributed by atoms with van der Waals surface area (Å²) in [6, 6.07) is 5.68. The zero-order valence-electron chi connectivity index (χ0n) is 70.1. The molecule has 108 heavy (non-hydrogen) atoms. The van der Waals surface area contributed by atoms with Crippen molar-refractivity contribution in [3.63, 3.8) is 0 Å². The fourth-order valence-electron chi connectivity index (χ4n) is 13.9. The maximum Gasteiger partial charge on any atom is 0.246 e. The van der Waals surface area contributed by atoms with E-state index in [2.05, 4.69) is 100 Å². The fourth-order valence-corrected chi connectivity index (χ4v) is 15.0. The number of benzene rings is 2. The maximum absolute atomic E-state index is 15.1. The number of allylic oxidation sites excluding steroid dienone is 2. The Morgan fingerprint density at radius 1 is 0.491 bits per heavy atom. The van der Waals surface area contributed by atoms with Crippen LogP contribution >= 0.6 is 24.2 Å². The van der Waals surface area contributed by atoms with Crippen LogP contribution in [-0.2, 0) is 52.7 Å². The van der Waals surface area contributed by atoms with Gasteiger partial charge in [-0.3, -0.25) is 57.6 Å². The summed E-state index contributed by atoms with van der Waals surface area (Å²) in [5.74, 6) is -9.71. The number of aliphatic hydroxyl groups excluding tert-OH is 1. The van der Waals surface area contributed by atoms with Gasteiger partial charge in [-0.2, -0.15) is 0 Å². The minimum absolute atomic E-state index is 0. The minimum atomic E-state index is -1.61. The van der Waals surface area contributed by atoms with Crippen molar-refractivity contribution in [1.29, 1.82) is 0 Å². The number of aliphatic hydroxyl groups is 1. The molecule has 11 amide bonds. The lowest BCUT2D eigenvalue weighted by Crippen LogP contribution is -2.63. The molecular formula is C81H136ClN13O12S. The number of fused-ring (bicyclic) bond motifs is 2. The number of rotatable bonds is 20. The number of likely N-dealkylation sites (N-methyl/N-ethyl adjacent to an activating group) is 8. The summed E-state index contributed by atoms with van der Waals surface area (Å²) in [5, 5.41) is 23.1. The molecule has 2 heterocycles. The van der Waals surface area contributed by atoms with Crippen LogP contribution in [0.15, 0.2) is 70.5 Å². The van der Waals surface area contributed by atoms with Crippen LogP contribution in [0.1, 0.15) is 177 Å². The Hall–Kier alpha value is -7.29. The molecule has 0 aromatic heterocycles. The third kappa shape index (κ3) is 26.5. The van der Waals surface area contributed by atoms with Crippen molar-refractivity contribution in [3.8, 4) is 0 Å². The van der Waals surface area contributed by atoms with Crippen LogP contribution in [0, 0.1) is 41.4 Å². The molecule has 4 rings (SSSR count). The molecular weight excluding hydrogens is 1410 g/mol. The van der Waals surface area contributed by atoms with Gasteiger partial charge in [-0.1, -0.05) is 159 Å². The first-order valence-electron chi connectivity index (χ1n) is 38.7. The first-order valence-corrected chi connectivity index (χ1v) is 39.5. The van der Waals surface area contributed by atoms with Crippen LogP contribution in [-0.4, -0.2) is 257 Å². The zero-order valence-corrected chi connectivity index (χ0v) is 71.7. The Balaban J connectivity index is 0.00000144. The van der Waals surface area contributed by atoms with Gasteiger partial charge in [0.05, 0.1) is 24.0 Å². The van der Waals surface area contributed by atoms with Gasteiger partial charge < -0.3 is 65.6 Å². The van der Waals surface area contributed by atoms with Crippen molar-refractivity contribution in [2.45, 2.75) is 259 Å². The van der Waals surface area contributed by atoms with Crippen LogP contribution in [0.3, 0.4) is 0 Å². The monoisotopic (exact) mass is 1550 g/mol. The molecule has 610 valence electrons. The molecule has 13 atom stereocenters. The molecule has 0 bridgehead atoms. The summed E-state index contributed by atoms with van der Waals surface area (Å²) < 4.78 is 0. The molecule has 0 radical (unpaired) electrons. The van der Waals surface area contributed by atoms with Crippen LogP contribution in [0.4, 0.5) is 11.4 Å². The van der Waals surface area contributed by atoms with E-state index in [0.717, 1.165) is 29.4 Å².